The van der Waals surface area contributed by atoms with Crippen LogP contribution >= 0.6 is 11.6 Å². The van der Waals surface area contributed by atoms with Crippen molar-refractivity contribution < 1.29 is 13.2 Å². The first-order valence-corrected chi connectivity index (χ1v) is 5.84. The van der Waals surface area contributed by atoms with E-state index in [9.17, 15) is 13.2 Å². The first-order valence-electron chi connectivity index (χ1n) is 5.40. The van der Waals surface area contributed by atoms with Crippen LogP contribution < -0.4 is 0 Å². The molecule has 0 aromatic heterocycles. The van der Waals surface area contributed by atoms with E-state index in [1.807, 2.05) is 0 Å². The van der Waals surface area contributed by atoms with Crippen molar-refractivity contribution in [1.82, 2.24) is 0 Å². The number of halogens is 4. The minimum Gasteiger partial charge on any atom is -0.207 e. The highest BCUT2D eigenvalue weighted by Crippen LogP contribution is 2.27. The summed E-state index contributed by atoms with van der Waals surface area (Å²) in [7, 11) is 0. The standard InChI is InChI=1S/C14H10ClF3/c15-12(9-3-1-5-11(16)7-9)8-10-4-2-6-13(17)14(10)18/h1-7,12H,8H2. The van der Waals surface area contributed by atoms with Crippen LogP contribution in [0.15, 0.2) is 42.5 Å². The van der Waals surface area contributed by atoms with Crippen LogP contribution in [0.1, 0.15) is 16.5 Å². The number of hydrogen-bond acceptors (Lipinski definition) is 0. The Morgan fingerprint density at radius 1 is 1.00 bits per heavy atom. The van der Waals surface area contributed by atoms with Gasteiger partial charge in [0.1, 0.15) is 5.82 Å². The van der Waals surface area contributed by atoms with Crippen LogP contribution in [0, 0.1) is 17.5 Å². The SMILES string of the molecule is Fc1cccc(C(Cl)Cc2cccc(F)c2F)c1. The highest BCUT2D eigenvalue weighted by molar-refractivity contribution is 6.20. The fraction of sp³-hybridized carbons (Fsp3) is 0.143. The van der Waals surface area contributed by atoms with Crippen LogP contribution in [0.2, 0.25) is 0 Å². The molecule has 18 heavy (non-hydrogen) atoms. The van der Waals surface area contributed by atoms with Gasteiger partial charge in [0.25, 0.3) is 0 Å². The summed E-state index contributed by atoms with van der Waals surface area (Å²) in [5.41, 5.74) is 0.722. The topological polar surface area (TPSA) is 0 Å². The third-order valence-electron chi connectivity index (χ3n) is 2.64. The third kappa shape index (κ3) is 2.85. The lowest BCUT2D eigenvalue weighted by atomic mass is 10.0. The molecule has 0 nitrogen and oxygen atoms in total. The van der Waals surface area contributed by atoms with E-state index in [1.54, 1.807) is 6.07 Å². The van der Waals surface area contributed by atoms with E-state index in [0.29, 0.717) is 5.56 Å². The maximum absolute atomic E-state index is 13.4. The van der Waals surface area contributed by atoms with Gasteiger partial charge in [-0.25, -0.2) is 13.2 Å². The van der Waals surface area contributed by atoms with Gasteiger partial charge in [-0.1, -0.05) is 24.3 Å². The molecule has 0 heterocycles. The largest absolute Gasteiger partial charge is 0.207 e. The monoisotopic (exact) mass is 270 g/mol. The lowest BCUT2D eigenvalue weighted by Crippen LogP contribution is -2.00. The smallest absolute Gasteiger partial charge is 0.162 e. The zero-order valence-corrected chi connectivity index (χ0v) is 10.1. The van der Waals surface area contributed by atoms with Gasteiger partial charge in [0.05, 0.1) is 5.38 Å². The van der Waals surface area contributed by atoms with Gasteiger partial charge >= 0.3 is 0 Å². The molecule has 0 bridgehead atoms. The Morgan fingerprint density at radius 2 is 1.72 bits per heavy atom. The van der Waals surface area contributed by atoms with Crippen LogP contribution in [-0.4, -0.2) is 0 Å². The van der Waals surface area contributed by atoms with Crippen LogP contribution in [0.25, 0.3) is 0 Å². The van der Waals surface area contributed by atoms with Crippen LogP contribution in [0.5, 0.6) is 0 Å². The average Bonchev–Trinajstić information content (AvgIpc) is 2.35. The fourth-order valence-electron chi connectivity index (χ4n) is 1.72. The predicted octanol–water partition coefficient (Wildman–Crippen LogP) is 4.63. The Labute approximate surface area is 108 Å². The van der Waals surface area contributed by atoms with Crippen molar-refractivity contribution in [3.8, 4) is 0 Å². The molecule has 0 aliphatic carbocycles. The minimum atomic E-state index is -0.907. The normalized spacial score (nSPS) is 12.4. The summed E-state index contributed by atoms with van der Waals surface area (Å²) in [5, 5.41) is -0.600. The third-order valence-corrected chi connectivity index (χ3v) is 3.05. The molecular formula is C14H10ClF3. The van der Waals surface area contributed by atoms with E-state index in [1.165, 1.54) is 30.3 Å². The summed E-state index contributed by atoms with van der Waals surface area (Å²) in [6, 6.07) is 9.70. The van der Waals surface area contributed by atoms with Crippen molar-refractivity contribution in [1.29, 1.82) is 0 Å². The Balaban J connectivity index is 2.21. The molecule has 2 aromatic rings. The Morgan fingerprint density at radius 3 is 2.44 bits per heavy atom. The molecule has 0 saturated heterocycles. The Kier molecular flexibility index (Phi) is 3.92. The summed E-state index contributed by atoms with van der Waals surface area (Å²) in [4.78, 5) is 0. The maximum atomic E-state index is 13.4. The molecule has 0 saturated carbocycles. The quantitative estimate of drug-likeness (QED) is 0.714. The van der Waals surface area contributed by atoms with Gasteiger partial charge in [-0.05, 0) is 35.7 Å². The highest BCUT2D eigenvalue weighted by Gasteiger charge is 2.14. The number of benzene rings is 2. The molecule has 0 amide bonds. The number of rotatable bonds is 3. The summed E-state index contributed by atoms with van der Waals surface area (Å²) < 4.78 is 39.5. The zero-order chi connectivity index (χ0) is 13.1. The Hall–Kier alpha value is -1.48. The van der Waals surface area contributed by atoms with Crippen molar-refractivity contribution in [2.24, 2.45) is 0 Å². The van der Waals surface area contributed by atoms with Gasteiger partial charge in [-0.3, -0.25) is 0 Å². The van der Waals surface area contributed by atoms with E-state index in [0.717, 1.165) is 6.07 Å². The van der Waals surface area contributed by atoms with E-state index in [2.05, 4.69) is 0 Å². The second kappa shape index (κ2) is 5.44. The molecule has 0 aliphatic rings. The molecule has 0 fully saturated rings. The lowest BCUT2D eigenvalue weighted by Gasteiger charge is -2.11. The number of hydrogen-bond donors (Lipinski definition) is 0. The summed E-state index contributed by atoms with van der Waals surface area (Å²) >= 11 is 6.08. The van der Waals surface area contributed by atoms with Crippen LogP contribution in [0.4, 0.5) is 13.2 Å². The van der Waals surface area contributed by atoms with Gasteiger partial charge in [0.2, 0.25) is 0 Å². The molecule has 0 N–H and O–H groups in total. The van der Waals surface area contributed by atoms with Gasteiger partial charge < -0.3 is 0 Å². The molecule has 1 atom stereocenters. The van der Waals surface area contributed by atoms with E-state index in [4.69, 9.17) is 11.6 Å². The predicted molar refractivity (Wildman–Crippen MR) is 65.1 cm³/mol. The Bertz CT molecular complexity index is 554. The lowest BCUT2D eigenvalue weighted by molar-refractivity contribution is 0.498. The second-order valence-corrected chi connectivity index (χ2v) is 4.47. The summed E-state index contributed by atoms with van der Waals surface area (Å²) in [5.74, 6) is -2.21. The van der Waals surface area contributed by atoms with Crippen molar-refractivity contribution in [2.75, 3.05) is 0 Å². The van der Waals surface area contributed by atoms with E-state index in [-0.39, 0.29) is 12.0 Å². The molecule has 94 valence electrons. The van der Waals surface area contributed by atoms with Crippen molar-refractivity contribution in [3.05, 3.63) is 71.0 Å². The van der Waals surface area contributed by atoms with E-state index >= 15 is 0 Å². The van der Waals surface area contributed by atoms with E-state index < -0.39 is 22.8 Å². The zero-order valence-electron chi connectivity index (χ0n) is 9.34. The molecule has 0 spiro atoms. The summed E-state index contributed by atoms with van der Waals surface area (Å²) in [6.07, 6.45) is 0.106. The van der Waals surface area contributed by atoms with Crippen LogP contribution in [-0.2, 0) is 6.42 Å². The fourth-order valence-corrected chi connectivity index (χ4v) is 2.02. The van der Waals surface area contributed by atoms with Crippen LogP contribution in [0.3, 0.4) is 0 Å². The highest BCUT2D eigenvalue weighted by atomic mass is 35.5. The molecule has 2 rings (SSSR count). The molecular weight excluding hydrogens is 261 g/mol. The van der Waals surface area contributed by atoms with Crippen molar-refractivity contribution in [2.45, 2.75) is 11.8 Å². The van der Waals surface area contributed by atoms with Gasteiger partial charge in [-0.15, -0.1) is 11.6 Å². The van der Waals surface area contributed by atoms with Crippen molar-refractivity contribution in [3.63, 3.8) is 0 Å². The first kappa shape index (κ1) is 13.0. The molecule has 2 aromatic carbocycles. The minimum absolute atomic E-state index is 0.106. The second-order valence-electron chi connectivity index (χ2n) is 3.94. The maximum Gasteiger partial charge on any atom is 0.162 e. The summed E-state index contributed by atoms with van der Waals surface area (Å²) in [6.45, 7) is 0. The average molecular weight is 271 g/mol. The van der Waals surface area contributed by atoms with Gasteiger partial charge in [0, 0.05) is 0 Å². The first-order chi connectivity index (χ1) is 8.58. The molecule has 0 radical (unpaired) electrons. The number of alkyl halides is 1. The van der Waals surface area contributed by atoms with Crippen molar-refractivity contribution >= 4 is 11.6 Å². The molecule has 0 aliphatic heterocycles. The van der Waals surface area contributed by atoms with Gasteiger partial charge in [-0.2, -0.15) is 0 Å². The molecule has 1 unspecified atom stereocenters. The molecule has 4 heteroatoms. The van der Waals surface area contributed by atoms with Gasteiger partial charge in [0.15, 0.2) is 11.6 Å².